The molecular formula is C8H8ClN3OS. The second-order valence-electron chi connectivity index (χ2n) is 2.55. The lowest BCUT2D eigenvalue weighted by Gasteiger charge is -2.05. The SMILES string of the molecule is NC(=O)Nc1ccc(C(N)=S)c(Cl)c1. The highest BCUT2D eigenvalue weighted by molar-refractivity contribution is 7.80. The van der Waals surface area contributed by atoms with Crippen LogP contribution in [0.25, 0.3) is 0 Å². The predicted molar refractivity (Wildman–Crippen MR) is 60.5 cm³/mol. The molecule has 0 heterocycles. The molecule has 0 saturated carbocycles. The number of halogens is 1. The van der Waals surface area contributed by atoms with E-state index in [1.165, 1.54) is 6.07 Å². The van der Waals surface area contributed by atoms with Crippen molar-refractivity contribution in [1.82, 2.24) is 0 Å². The van der Waals surface area contributed by atoms with E-state index in [1.54, 1.807) is 12.1 Å². The fourth-order valence-corrected chi connectivity index (χ4v) is 1.45. The molecule has 0 aromatic heterocycles. The Balaban J connectivity index is 3.00. The molecule has 0 spiro atoms. The van der Waals surface area contributed by atoms with Crippen molar-refractivity contribution in [3.63, 3.8) is 0 Å². The molecule has 6 heteroatoms. The molecule has 0 bridgehead atoms. The lowest BCUT2D eigenvalue weighted by Crippen LogP contribution is -2.19. The van der Waals surface area contributed by atoms with Gasteiger partial charge in [0.1, 0.15) is 4.99 Å². The number of hydrogen-bond acceptors (Lipinski definition) is 2. The summed E-state index contributed by atoms with van der Waals surface area (Å²) in [5.74, 6) is 0. The summed E-state index contributed by atoms with van der Waals surface area (Å²) in [4.78, 5) is 10.7. The van der Waals surface area contributed by atoms with Crippen LogP contribution in [0.4, 0.5) is 10.5 Å². The number of benzene rings is 1. The minimum Gasteiger partial charge on any atom is -0.389 e. The van der Waals surface area contributed by atoms with Gasteiger partial charge in [-0.05, 0) is 18.2 Å². The van der Waals surface area contributed by atoms with Crippen LogP contribution in [0.3, 0.4) is 0 Å². The van der Waals surface area contributed by atoms with Crippen molar-refractivity contribution in [1.29, 1.82) is 0 Å². The third-order valence-electron chi connectivity index (χ3n) is 1.50. The first-order valence-electron chi connectivity index (χ1n) is 3.66. The van der Waals surface area contributed by atoms with Crippen LogP contribution in [0.1, 0.15) is 5.56 Å². The molecule has 2 amide bonds. The zero-order chi connectivity index (χ0) is 10.7. The minimum atomic E-state index is -0.649. The molecule has 1 rings (SSSR count). The second kappa shape index (κ2) is 4.26. The van der Waals surface area contributed by atoms with Crippen molar-refractivity contribution in [2.45, 2.75) is 0 Å². The molecule has 0 saturated heterocycles. The summed E-state index contributed by atoms with van der Waals surface area (Å²) >= 11 is 10.6. The molecule has 74 valence electrons. The van der Waals surface area contributed by atoms with Gasteiger partial charge >= 0.3 is 6.03 Å². The van der Waals surface area contributed by atoms with Gasteiger partial charge in [0, 0.05) is 11.3 Å². The predicted octanol–water partition coefficient (Wildman–Crippen LogP) is 1.46. The second-order valence-corrected chi connectivity index (χ2v) is 3.40. The van der Waals surface area contributed by atoms with Gasteiger partial charge in [-0.1, -0.05) is 23.8 Å². The molecule has 4 nitrogen and oxygen atoms in total. The van der Waals surface area contributed by atoms with Gasteiger partial charge in [0.15, 0.2) is 0 Å². The van der Waals surface area contributed by atoms with Crippen LogP contribution < -0.4 is 16.8 Å². The summed E-state index contributed by atoms with van der Waals surface area (Å²) in [6.45, 7) is 0. The van der Waals surface area contributed by atoms with Crippen molar-refractivity contribution in [2.24, 2.45) is 11.5 Å². The number of carbonyl (C=O) groups is 1. The number of amides is 2. The Hall–Kier alpha value is -1.33. The zero-order valence-electron chi connectivity index (χ0n) is 7.08. The number of urea groups is 1. The van der Waals surface area contributed by atoms with E-state index < -0.39 is 6.03 Å². The number of rotatable bonds is 2. The van der Waals surface area contributed by atoms with Gasteiger partial charge in [0.05, 0.1) is 5.02 Å². The van der Waals surface area contributed by atoms with Gasteiger partial charge in [-0.25, -0.2) is 4.79 Å². The lowest BCUT2D eigenvalue weighted by atomic mass is 10.2. The molecule has 0 unspecified atom stereocenters. The molecule has 1 aromatic rings. The van der Waals surface area contributed by atoms with E-state index in [4.69, 9.17) is 35.3 Å². The van der Waals surface area contributed by atoms with E-state index in [-0.39, 0.29) is 4.99 Å². The molecule has 0 aliphatic carbocycles. The van der Waals surface area contributed by atoms with Crippen molar-refractivity contribution >= 4 is 40.5 Å². The van der Waals surface area contributed by atoms with Crippen LogP contribution in [0.5, 0.6) is 0 Å². The molecule has 5 N–H and O–H groups in total. The van der Waals surface area contributed by atoms with E-state index in [2.05, 4.69) is 5.32 Å². The third-order valence-corrected chi connectivity index (χ3v) is 2.03. The first-order valence-corrected chi connectivity index (χ1v) is 4.45. The quantitative estimate of drug-likeness (QED) is 0.672. The van der Waals surface area contributed by atoms with Gasteiger partial charge in [-0.3, -0.25) is 0 Å². The summed E-state index contributed by atoms with van der Waals surface area (Å²) in [5, 5.41) is 2.76. The topological polar surface area (TPSA) is 81.1 Å². The van der Waals surface area contributed by atoms with E-state index in [0.29, 0.717) is 16.3 Å². The number of primary amides is 1. The highest BCUT2D eigenvalue weighted by Crippen LogP contribution is 2.20. The van der Waals surface area contributed by atoms with Gasteiger partial charge in [-0.15, -0.1) is 0 Å². The summed E-state index contributed by atoms with van der Waals surface area (Å²) in [7, 11) is 0. The smallest absolute Gasteiger partial charge is 0.316 e. The Kier molecular flexibility index (Phi) is 3.27. The Morgan fingerprint density at radius 3 is 2.50 bits per heavy atom. The molecule has 0 fully saturated rings. The number of carbonyl (C=O) groups excluding carboxylic acids is 1. The molecule has 0 atom stereocenters. The number of nitrogens with two attached hydrogens (primary N) is 2. The van der Waals surface area contributed by atoms with E-state index in [9.17, 15) is 4.79 Å². The van der Waals surface area contributed by atoms with Gasteiger partial charge in [-0.2, -0.15) is 0 Å². The first kappa shape index (κ1) is 10.7. The Bertz CT molecular complexity index is 394. The van der Waals surface area contributed by atoms with Crippen molar-refractivity contribution in [3.8, 4) is 0 Å². The van der Waals surface area contributed by atoms with Crippen molar-refractivity contribution in [3.05, 3.63) is 28.8 Å². The number of hydrogen-bond donors (Lipinski definition) is 3. The maximum absolute atomic E-state index is 10.5. The highest BCUT2D eigenvalue weighted by Gasteiger charge is 2.04. The molecular weight excluding hydrogens is 222 g/mol. The standard InChI is InChI=1S/C8H8ClN3OS/c9-6-3-4(12-8(11)13)1-2-5(6)7(10)14/h1-3H,(H2,10,14)(H3,11,12,13). The maximum Gasteiger partial charge on any atom is 0.316 e. The van der Waals surface area contributed by atoms with E-state index >= 15 is 0 Å². The van der Waals surface area contributed by atoms with E-state index in [0.717, 1.165) is 0 Å². The summed E-state index contributed by atoms with van der Waals surface area (Å²) in [6.07, 6.45) is 0. The minimum absolute atomic E-state index is 0.209. The third kappa shape index (κ3) is 2.58. The fraction of sp³-hybridized carbons (Fsp3) is 0. The largest absolute Gasteiger partial charge is 0.389 e. The monoisotopic (exact) mass is 229 g/mol. The summed E-state index contributed by atoms with van der Waals surface area (Å²) in [5.41, 5.74) is 11.4. The van der Waals surface area contributed by atoms with Gasteiger partial charge in [0.25, 0.3) is 0 Å². The number of anilines is 1. The average Bonchev–Trinajstić information content (AvgIpc) is 2.01. The molecule has 14 heavy (non-hydrogen) atoms. The highest BCUT2D eigenvalue weighted by atomic mass is 35.5. The van der Waals surface area contributed by atoms with Crippen molar-refractivity contribution < 1.29 is 4.79 Å². The lowest BCUT2D eigenvalue weighted by molar-refractivity contribution is 0.259. The van der Waals surface area contributed by atoms with Crippen LogP contribution in [-0.2, 0) is 0 Å². The number of thiocarbonyl (C=S) groups is 1. The van der Waals surface area contributed by atoms with Crippen LogP contribution >= 0.6 is 23.8 Å². The zero-order valence-corrected chi connectivity index (χ0v) is 8.65. The van der Waals surface area contributed by atoms with Crippen LogP contribution in [-0.4, -0.2) is 11.0 Å². The average molecular weight is 230 g/mol. The van der Waals surface area contributed by atoms with Crippen LogP contribution in [0.2, 0.25) is 5.02 Å². The van der Waals surface area contributed by atoms with Crippen molar-refractivity contribution in [2.75, 3.05) is 5.32 Å². The molecule has 0 radical (unpaired) electrons. The molecule has 0 aliphatic heterocycles. The Morgan fingerprint density at radius 1 is 1.43 bits per heavy atom. The van der Waals surface area contributed by atoms with E-state index in [1.807, 2.05) is 0 Å². The summed E-state index contributed by atoms with van der Waals surface area (Å²) in [6, 6.07) is 4.12. The number of nitrogens with one attached hydrogen (secondary N) is 1. The van der Waals surface area contributed by atoms with Gasteiger partial charge < -0.3 is 16.8 Å². The molecule has 0 aliphatic rings. The summed E-state index contributed by atoms with van der Waals surface area (Å²) < 4.78 is 0. The van der Waals surface area contributed by atoms with Crippen LogP contribution in [0, 0.1) is 0 Å². The normalized spacial score (nSPS) is 9.50. The maximum atomic E-state index is 10.5. The molecule has 1 aromatic carbocycles. The Labute approximate surface area is 91.2 Å². The van der Waals surface area contributed by atoms with Gasteiger partial charge in [0.2, 0.25) is 0 Å². The first-order chi connectivity index (χ1) is 6.50. The Morgan fingerprint density at radius 2 is 2.07 bits per heavy atom. The fourth-order valence-electron chi connectivity index (χ4n) is 0.935. The van der Waals surface area contributed by atoms with Crippen LogP contribution in [0.15, 0.2) is 18.2 Å².